The number of piperidine rings is 1. The molecule has 2 aromatic rings. The Bertz CT molecular complexity index is 745. The van der Waals surface area contributed by atoms with E-state index in [9.17, 15) is 5.11 Å². The van der Waals surface area contributed by atoms with Crippen molar-refractivity contribution in [1.82, 2.24) is 9.97 Å². The van der Waals surface area contributed by atoms with Crippen LogP contribution in [0.2, 0.25) is 5.28 Å². The Balaban J connectivity index is 1.84. The molecule has 3 heterocycles. The normalized spacial score (nSPS) is 24.4. The van der Waals surface area contributed by atoms with Gasteiger partial charge in [0.2, 0.25) is 5.28 Å². The predicted molar refractivity (Wildman–Crippen MR) is 100 cm³/mol. The van der Waals surface area contributed by atoms with Crippen LogP contribution in [-0.2, 0) is 12.8 Å². The third-order valence-corrected chi connectivity index (χ3v) is 6.79. The van der Waals surface area contributed by atoms with E-state index in [1.807, 2.05) is 0 Å². The van der Waals surface area contributed by atoms with Gasteiger partial charge in [-0.3, -0.25) is 0 Å². The molecule has 2 aromatic heterocycles. The Hall–Kier alpha value is -0.910. The molecule has 0 bridgehead atoms. The molecule has 0 amide bonds. The fourth-order valence-corrected chi connectivity index (χ4v) is 5.83. The second-order valence-corrected chi connectivity index (χ2v) is 8.63. The van der Waals surface area contributed by atoms with Gasteiger partial charge in [0.1, 0.15) is 10.6 Å². The number of aliphatic hydroxyl groups is 1. The summed E-state index contributed by atoms with van der Waals surface area (Å²) in [6, 6.07) is 0.357. The van der Waals surface area contributed by atoms with Gasteiger partial charge in [-0.15, -0.1) is 11.3 Å². The number of aromatic nitrogens is 2. The minimum absolute atomic E-state index is 0.225. The maximum Gasteiger partial charge on any atom is 0.225 e. The first-order chi connectivity index (χ1) is 11.7. The summed E-state index contributed by atoms with van der Waals surface area (Å²) in [7, 11) is 0. The third kappa shape index (κ3) is 2.91. The Morgan fingerprint density at radius 2 is 2.17 bits per heavy atom. The highest BCUT2D eigenvalue weighted by Crippen LogP contribution is 2.42. The Morgan fingerprint density at radius 1 is 1.29 bits per heavy atom. The summed E-state index contributed by atoms with van der Waals surface area (Å²) in [4.78, 5) is 14.1. The molecule has 0 radical (unpaired) electrons. The number of aryl methyl sites for hydroxylation is 1. The molecule has 0 saturated carbocycles. The van der Waals surface area contributed by atoms with E-state index >= 15 is 0 Å². The van der Waals surface area contributed by atoms with Crippen LogP contribution in [0.1, 0.15) is 49.5 Å². The predicted octanol–water partition coefficient (Wildman–Crippen LogP) is 4.21. The van der Waals surface area contributed by atoms with Gasteiger partial charge in [-0.1, -0.05) is 6.92 Å². The molecule has 2 unspecified atom stereocenters. The van der Waals surface area contributed by atoms with Crippen molar-refractivity contribution in [2.24, 2.45) is 5.92 Å². The number of fused-ring (bicyclic) bond motifs is 3. The van der Waals surface area contributed by atoms with Gasteiger partial charge in [-0.25, -0.2) is 4.98 Å². The number of thiophene rings is 1. The number of halogens is 1. The number of hydrogen-bond donors (Lipinski definition) is 1. The lowest BCUT2D eigenvalue weighted by Crippen LogP contribution is -2.41. The van der Waals surface area contributed by atoms with E-state index in [-0.39, 0.29) is 6.61 Å². The van der Waals surface area contributed by atoms with E-state index in [0.29, 0.717) is 11.3 Å². The van der Waals surface area contributed by atoms with Gasteiger partial charge in [0.15, 0.2) is 0 Å². The fraction of sp³-hybridized carbons (Fsp3) is 0.667. The van der Waals surface area contributed by atoms with Crippen molar-refractivity contribution in [1.29, 1.82) is 0 Å². The monoisotopic (exact) mass is 365 g/mol. The topological polar surface area (TPSA) is 49.2 Å². The molecule has 4 rings (SSSR count). The lowest BCUT2D eigenvalue weighted by molar-refractivity contribution is 0.262. The van der Waals surface area contributed by atoms with E-state index in [1.165, 1.54) is 35.1 Å². The number of hydrogen-bond acceptors (Lipinski definition) is 5. The molecule has 130 valence electrons. The van der Waals surface area contributed by atoms with Crippen LogP contribution in [-0.4, -0.2) is 34.3 Å². The van der Waals surface area contributed by atoms with Crippen molar-refractivity contribution >= 4 is 39.0 Å². The standard InChI is InChI=1S/C18H24ClN3OS/c1-11-5-6-13-14(10-11)24-17-15(13)16(20-18(19)21-17)22-8-3-2-4-12(22)7-9-23/h11-12,23H,2-10H2,1H3. The molecule has 6 heteroatoms. The van der Waals surface area contributed by atoms with Gasteiger partial charge in [0.05, 0.1) is 5.39 Å². The molecule has 1 fully saturated rings. The zero-order valence-corrected chi connectivity index (χ0v) is 15.7. The van der Waals surface area contributed by atoms with Gasteiger partial charge in [-0.2, -0.15) is 4.98 Å². The number of anilines is 1. The van der Waals surface area contributed by atoms with Crippen molar-refractivity contribution in [3.05, 3.63) is 15.7 Å². The van der Waals surface area contributed by atoms with Crippen molar-refractivity contribution < 1.29 is 5.11 Å². The molecule has 0 aromatic carbocycles. The molecular weight excluding hydrogens is 342 g/mol. The summed E-state index contributed by atoms with van der Waals surface area (Å²) in [5.74, 6) is 1.75. The average molecular weight is 366 g/mol. The highest BCUT2D eigenvalue weighted by molar-refractivity contribution is 7.19. The summed E-state index contributed by atoms with van der Waals surface area (Å²) >= 11 is 8.07. The van der Waals surface area contributed by atoms with Crippen LogP contribution in [0.25, 0.3) is 10.2 Å². The summed E-state index contributed by atoms with van der Waals surface area (Å²) in [6.07, 6.45) is 7.82. The molecule has 24 heavy (non-hydrogen) atoms. The summed E-state index contributed by atoms with van der Waals surface area (Å²) in [5, 5.41) is 11.0. The quantitative estimate of drug-likeness (QED) is 0.828. The van der Waals surface area contributed by atoms with Crippen molar-refractivity contribution in [3.63, 3.8) is 0 Å². The summed E-state index contributed by atoms with van der Waals surface area (Å²) in [5.41, 5.74) is 1.45. The SMILES string of the molecule is CC1CCc2c(sc3nc(Cl)nc(N4CCCCC4CCO)c23)C1. The molecule has 1 saturated heterocycles. The second kappa shape index (κ2) is 6.77. The van der Waals surface area contributed by atoms with Crippen LogP contribution in [0.4, 0.5) is 5.82 Å². The summed E-state index contributed by atoms with van der Waals surface area (Å²) in [6.45, 7) is 3.55. The zero-order valence-electron chi connectivity index (χ0n) is 14.1. The van der Waals surface area contributed by atoms with Gasteiger partial charge in [0, 0.05) is 24.1 Å². The Morgan fingerprint density at radius 3 is 3.00 bits per heavy atom. The van der Waals surface area contributed by atoms with Crippen LogP contribution < -0.4 is 4.90 Å². The Labute approximate surface area is 151 Å². The first kappa shape index (κ1) is 16.6. The van der Waals surface area contributed by atoms with E-state index in [0.717, 1.165) is 48.8 Å². The lowest BCUT2D eigenvalue weighted by atomic mass is 9.89. The molecule has 1 N–H and O–H groups in total. The van der Waals surface area contributed by atoms with E-state index in [2.05, 4.69) is 21.8 Å². The van der Waals surface area contributed by atoms with Crippen molar-refractivity contribution in [2.45, 2.75) is 57.9 Å². The fourth-order valence-electron chi connectivity index (χ4n) is 4.23. The largest absolute Gasteiger partial charge is 0.396 e. The third-order valence-electron chi connectivity index (χ3n) is 5.47. The molecule has 0 spiro atoms. The average Bonchev–Trinajstić information content (AvgIpc) is 2.91. The maximum atomic E-state index is 9.45. The Kier molecular flexibility index (Phi) is 4.67. The maximum absolute atomic E-state index is 9.45. The van der Waals surface area contributed by atoms with E-state index in [4.69, 9.17) is 11.6 Å². The first-order valence-corrected chi connectivity index (χ1v) is 10.2. The first-order valence-electron chi connectivity index (χ1n) is 9.02. The minimum Gasteiger partial charge on any atom is -0.396 e. The van der Waals surface area contributed by atoms with Crippen LogP contribution in [0, 0.1) is 5.92 Å². The second-order valence-electron chi connectivity index (χ2n) is 7.20. The molecular formula is C18H24ClN3OS. The minimum atomic E-state index is 0.225. The van der Waals surface area contributed by atoms with Crippen LogP contribution >= 0.6 is 22.9 Å². The van der Waals surface area contributed by atoms with Crippen molar-refractivity contribution in [3.8, 4) is 0 Å². The van der Waals surface area contributed by atoms with Crippen molar-refractivity contribution in [2.75, 3.05) is 18.1 Å². The highest BCUT2D eigenvalue weighted by Gasteiger charge is 2.29. The van der Waals surface area contributed by atoms with Crippen LogP contribution in [0.15, 0.2) is 0 Å². The van der Waals surface area contributed by atoms with E-state index in [1.54, 1.807) is 11.3 Å². The number of aliphatic hydroxyl groups excluding tert-OH is 1. The number of nitrogens with zero attached hydrogens (tertiary/aromatic N) is 3. The molecule has 1 aliphatic heterocycles. The van der Waals surface area contributed by atoms with Crippen LogP contribution in [0.3, 0.4) is 0 Å². The van der Waals surface area contributed by atoms with Gasteiger partial charge < -0.3 is 10.0 Å². The lowest BCUT2D eigenvalue weighted by Gasteiger charge is -2.37. The van der Waals surface area contributed by atoms with E-state index < -0.39 is 0 Å². The molecule has 2 atom stereocenters. The molecule has 1 aliphatic carbocycles. The van der Waals surface area contributed by atoms with Gasteiger partial charge in [0.25, 0.3) is 0 Å². The smallest absolute Gasteiger partial charge is 0.225 e. The molecule has 4 nitrogen and oxygen atoms in total. The molecule has 2 aliphatic rings. The zero-order chi connectivity index (χ0) is 16.7. The number of rotatable bonds is 3. The summed E-state index contributed by atoms with van der Waals surface area (Å²) < 4.78 is 0. The van der Waals surface area contributed by atoms with Gasteiger partial charge >= 0.3 is 0 Å². The highest BCUT2D eigenvalue weighted by atomic mass is 35.5. The van der Waals surface area contributed by atoms with Crippen LogP contribution in [0.5, 0.6) is 0 Å². The van der Waals surface area contributed by atoms with Gasteiger partial charge in [-0.05, 0) is 68.0 Å².